The maximum absolute atomic E-state index is 12.4. The molecular weight excluding hydrogens is 316 g/mol. The van der Waals surface area contributed by atoms with Crippen molar-refractivity contribution in [1.82, 2.24) is 9.80 Å². The minimum absolute atomic E-state index is 0.0838. The molecule has 5 heteroatoms. The number of piperidine rings is 2. The Balaban J connectivity index is 1.57. The lowest BCUT2D eigenvalue weighted by molar-refractivity contribution is -0.140. The number of nitrogens with zero attached hydrogens (tertiary/aromatic N) is 2. The Hall–Kier alpha value is -1.43. The number of carbonyl (C=O) groups is 1. The lowest BCUT2D eigenvalue weighted by atomic mass is 9.73. The van der Waals surface area contributed by atoms with Crippen LogP contribution in [0.3, 0.4) is 0 Å². The van der Waals surface area contributed by atoms with Crippen LogP contribution in [0, 0.1) is 5.41 Å². The minimum Gasteiger partial charge on any atom is -0.394 e. The molecule has 2 aliphatic rings. The molecule has 25 heavy (non-hydrogen) atoms. The Morgan fingerprint density at radius 3 is 2.76 bits per heavy atom. The summed E-state index contributed by atoms with van der Waals surface area (Å²) in [7, 11) is 0. The normalized spacial score (nSPS) is 24.8. The molecule has 1 amide bonds. The number of ether oxygens (including phenoxy) is 1. The first-order chi connectivity index (χ1) is 12.2. The summed E-state index contributed by atoms with van der Waals surface area (Å²) in [6, 6.07) is 10.3. The van der Waals surface area contributed by atoms with Gasteiger partial charge in [-0.15, -0.1) is 0 Å². The van der Waals surface area contributed by atoms with Crippen LogP contribution in [0.5, 0.6) is 0 Å². The highest BCUT2D eigenvalue weighted by atomic mass is 16.5. The molecule has 0 unspecified atom stereocenters. The lowest BCUT2D eigenvalue weighted by Gasteiger charge is -2.48. The molecule has 0 radical (unpaired) electrons. The van der Waals surface area contributed by atoms with E-state index in [0.29, 0.717) is 19.6 Å². The fourth-order valence-electron chi connectivity index (χ4n) is 4.24. The Morgan fingerprint density at radius 1 is 1.12 bits per heavy atom. The van der Waals surface area contributed by atoms with Crippen molar-refractivity contribution < 1.29 is 14.6 Å². The molecule has 1 spiro atoms. The van der Waals surface area contributed by atoms with Crippen LogP contribution in [0.25, 0.3) is 0 Å². The number of rotatable bonds is 7. The van der Waals surface area contributed by atoms with E-state index in [0.717, 1.165) is 39.1 Å². The second-order valence-corrected chi connectivity index (χ2v) is 7.45. The monoisotopic (exact) mass is 346 g/mol. The van der Waals surface area contributed by atoms with E-state index in [1.54, 1.807) is 0 Å². The van der Waals surface area contributed by atoms with Gasteiger partial charge in [-0.25, -0.2) is 0 Å². The minimum atomic E-state index is 0.0838. The molecule has 2 heterocycles. The van der Waals surface area contributed by atoms with Crippen molar-refractivity contribution in [2.45, 2.75) is 32.2 Å². The summed E-state index contributed by atoms with van der Waals surface area (Å²) in [5.74, 6) is 0.290. The zero-order valence-electron chi connectivity index (χ0n) is 15.0. The van der Waals surface area contributed by atoms with Crippen molar-refractivity contribution in [3.05, 3.63) is 35.9 Å². The van der Waals surface area contributed by atoms with Gasteiger partial charge in [0.2, 0.25) is 5.91 Å². The van der Waals surface area contributed by atoms with E-state index in [1.165, 1.54) is 18.4 Å². The third kappa shape index (κ3) is 5.03. The van der Waals surface area contributed by atoms with E-state index in [9.17, 15) is 4.79 Å². The predicted molar refractivity (Wildman–Crippen MR) is 97.1 cm³/mol. The molecule has 2 aliphatic heterocycles. The van der Waals surface area contributed by atoms with Gasteiger partial charge in [0, 0.05) is 38.0 Å². The average Bonchev–Trinajstić information content (AvgIpc) is 2.63. The van der Waals surface area contributed by atoms with Crippen LogP contribution in [0.2, 0.25) is 0 Å². The molecule has 3 rings (SSSR count). The maximum Gasteiger partial charge on any atom is 0.222 e. The van der Waals surface area contributed by atoms with Crippen LogP contribution in [-0.4, -0.2) is 66.8 Å². The average molecular weight is 346 g/mol. The second kappa shape index (κ2) is 8.79. The van der Waals surface area contributed by atoms with Crippen LogP contribution >= 0.6 is 0 Å². The number of hydrogen-bond acceptors (Lipinski definition) is 4. The van der Waals surface area contributed by atoms with Gasteiger partial charge in [-0.1, -0.05) is 30.3 Å². The molecule has 1 N–H and O–H groups in total. The molecule has 1 aromatic rings. The first-order valence-corrected chi connectivity index (χ1v) is 9.43. The third-order valence-electron chi connectivity index (χ3n) is 5.49. The van der Waals surface area contributed by atoms with Crippen molar-refractivity contribution in [2.75, 3.05) is 46.0 Å². The van der Waals surface area contributed by atoms with Gasteiger partial charge in [-0.2, -0.15) is 0 Å². The number of amides is 1. The number of likely N-dealkylation sites (tertiary alicyclic amines) is 2. The van der Waals surface area contributed by atoms with E-state index in [4.69, 9.17) is 9.84 Å². The predicted octanol–water partition coefficient (Wildman–Crippen LogP) is 1.90. The van der Waals surface area contributed by atoms with Gasteiger partial charge in [-0.3, -0.25) is 4.79 Å². The summed E-state index contributed by atoms with van der Waals surface area (Å²) in [5, 5.41) is 8.80. The summed E-state index contributed by atoms with van der Waals surface area (Å²) in [4.78, 5) is 16.9. The standard InChI is InChI=1S/C20H30N2O3/c23-12-14-25-13-11-21-10-4-8-20(16-21)9-7-19(24)22(17-20)15-18-5-2-1-3-6-18/h1-3,5-6,23H,4,7-17H2/t20-/m1/s1. The molecule has 0 aliphatic carbocycles. The zero-order chi connectivity index (χ0) is 17.5. The van der Waals surface area contributed by atoms with Gasteiger partial charge in [0.15, 0.2) is 0 Å². The highest BCUT2D eigenvalue weighted by Gasteiger charge is 2.41. The smallest absolute Gasteiger partial charge is 0.222 e. The fraction of sp³-hybridized carbons (Fsp3) is 0.650. The quantitative estimate of drug-likeness (QED) is 0.766. The largest absolute Gasteiger partial charge is 0.394 e. The van der Waals surface area contributed by atoms with Gasteiger partial charge < -0.3 is 19.6 Å². The molecule has 0 bridgehead atoms. The van der Waals surface area contributed by atoms with E-state index < -0.39 is 0 Å². The summed E-state index contributed by atoms with van der Waals surface area (Å²) in [5.41, 5.74) is 1.44. The molecule has 2 saturated heterocycles. The molecule has 1 aromatic carbocycles. The lowest BCUT2D eigenvalue weighted by Crippen LogP contribution is -2.54. The van der Waals surface area contributed by atoms with E-state index in [2.05, 4.69) is 21.9 Å². The Morgan fingerprint density at radius 2 is 1.96 bits per heavy atom. The molecule has 5 nitrogen and oxygen atoms in total. The van der Waals surface area contributed by atoms with E-state index in [1.807, 2.05) is 18.2 Å². The van der Waals surface area contributed by atoms with Crippen LogP contribution in [-0.2, 0) is 16.1 Å². The summed E-state index contributed by atoms with van der Waals surface area (Å²) >= 11 is 0. The van der Waals surface area contributed by atoms with Gasteiger partial charge >= 0.3 is 0 Å². The number of carbonyl (C=O) groups excluding carboxylic acids is 1. The van der Waals surface area contributed by atoms with Crippen LogP contribution in [0.4, 0.5) is 0 Å². The van der Waals surface area contributed by atoms with Crippen molar-refractivity contribution in [1.29, 1.82) is 0 Å². The van der Waals surface area contributed by atoms with Crippen molar-refractivity contribution in [2.24, 2.45) is 5.41 Å². The molecular formula is C20H30N2O3. The van der Waals surface area contributed by atoms with Crippen molar-refractivity contribution >= 4 is 5.91 Å². The molecule has 1 atom stereocenters. The first-order valence-electron chi connectivity index (χ1n) is 9.43. The van der Waals surface area contributed by atoms with Crippen LogP contribution in [0.1, 0.15) is 31.2 Å². The van der Waals surface area contributed by atoms with Crippen molar-refractivity contribution in [3.63, 3.8) is 0 Å². The molecule has 0 aromatic heterocycles. The number of aliphatic hydroxyl groups is 1. The maximum atomic E-state index is 12.4. The summed E-state index contributed by atoms with van der Waals surface area (Å²) < 4.78 is 5.42. The summed E-state index contributed by atoms with van der Waals surface area (Å²) in [6.45, 7) is 5.83. The number of benzene rings is 1. The van der Waals surface area contributed by atoms with Gasteiger partial charge in [0.25, 0.3) is 0 Å². The van der Waals surface area contributed by atoms with Gasteiger partial charge in [0.05, 0.1) is 19.8 Å². The number of aliphatic hydroxyl groups excluding tert-OH is 1. The highest BCUT2D eigenvalue weighted by Crippen LogP contribution is 2.39. The van der Waals surface area contributed by atoms with E-state index in [-0.39, 0.29) is 17.9 Å². The van der Waals surface area contributed by atoms with Gasteiger partial charge in [0.1, 0.15) is 0 Å². The molecule has 2 fully saturated rings. The zero-order valence-corrected chi connectivity index (χ0v) is 15.0. The topological polar surface area (TPSA) is 53.0 Å². The molecule has 138 valence electrons. The van der Waals surface area contributed by atoms with Crippen LogP contribution in [0.15, 0.2) is 30.3 Å². The highest BCUT2D eigenvalue weighted by molar-refractivity contribution is 5.77. The molecule has 0 saturated carbocycles. The Bertz CT molecular complexity index is 551. The number of hydrogen-bond donors (Lipinski definition) is 1. The fourth-order valence-corrected chi connectivity index (χ4v) is 4.24. The van der Waals surface area contributed by atoms with Gasteiger partial charge in [-0.05, 0) is 31.4 Å². The van der Waals surface area contributed by atoms with E-state index >= 15 is 0 Å². The first kappa shape index (κ1) is 18.4. The Kier molecular flexibility index (Phi) is 6.45. The Labute approximate surface area is 150 Å². The SMILES string of the molecule is O=C1CC[C@@]2(CCCN(CCOCCO)C2)CN1Cc1ccccc1. The van der Waals surface area contributed by atoms with Crippen LogP contribution < -0.4 is 0 Å². The van der Waals surface area contributed by atoms with Crippen molar-refractivity contribution in [3.8, 4) is 0 Å². The third-order valence-corrected chi connectivity index (χ3v) is 5.49. The second-order valence-electron chi connectivity index (χ2n) is 7.45. The summed E-state index contributed by atoms with van der Waals surface area (Å²) in [6.07, 6.45) is 4.07.